The fourth-order valence-corrected chi connectivity index (χ4v) is 3.62. The van der Waals surface area contributed by atoms with Crippen molar-refractivity contribution in [2.45, 2.75) is 32.0 Å². The van der Waals surface area contributed by atoms with Crippen LogP contribution in [0.15, 0.2) is 42.5 Å². The number of aromatic nitrogens is 2. The Hall–Kier alpha value is -3.47. The zero-order chi connectivity index (χ0) is 24.9. The minimum Gasteiger partial charge on any atom is -0.475 e. The van der Waals surface area contributed by atoms with Gasteiger partial charge in [0.2, 0.25) is 5.91 Å². The molecule has 182 valence electrons. The Balaban J connectivity index is 0.000000406. The zero-order valence-electron chi connectivity index (χ0n) is 18.3. The summed E-state index contributed by atoms with van der Waals surface area (Å²) in [5.74, 6) is -2.03. The number of halogens is 4. The molecular formula is C23H24F4N4O3. The number of H-pyrrole nitrogens is 1. The molecule has 1 atom stereocenters. The highest BCUT2D eigenvalue weighted by atomic mass is 19.4. The van der Waals surface area contributed by atoms with Crippen molar-refractivity contribution in [2.24, 2.45) is 0 Å². The predicted molar refractivity (Wildman–Crippen MR) is 117 cm³/mol. The second-order valence-electron chi connectivity index (χ2n) is 7.86. The van der Waals surface area contributed by atoms with Crippen LogP contribution in [-0.4, -0.2) is 57.7 Å². The Morgan fingerprint density at radius 1 is 1.18 bits per heavy atom. The number of aryl methyl sites for hydroxylation is 2. The maximum atomic E-state index is 13.1. The molecule has 0 radical (unpaired) electrons. The summed E-state index contributed by atoms with van der Waals surface area (Å²) in [6.45, 7) is 4.06. The third kappa shape index (κ3) is 6.53. The minimum atomic E-state index is -5.08. The van der Waals surface area contributed by atoms with Gasteiger partial charge in [-0.25, -0.2) is 14.2 Å². The summed E-state index contributed by atoms with van der Waals surface area (Å²) in [6, 6.07) is 12.6. The average molecular weight is 480 g/mol. The van der Waals surface area contributed by atoms with Crippen molar-refractivity contribution in [1.82, 2.24) is 20.2 Å². The van der Waals surface area contributed by atoms with Crippen molar-refractivity contribution < 1.29 is 32.3 Å². The number of benzene rings is 2. The van der Waals surface area contributed by atoms with E-state index in [1.807, 2.05) is 30.0 Å². The molecule has 1 aromatic heterocycles. The number of alkyl halides is 3. The van der Waals surface area contributed by atoms with E-state index in [9.17, 15) is 22.4 Å². The Labute approximate surface area is 192 Å². The van der Waals surface area contributed by atoms with Gasteiger partial charge < -0.3 is 20.3 Å². The minimum absolute atomic E-state index is 0.0390. The Kier molecular flexibility index (Phi) is 7.87. The van der Waals surface area contributed by atoms with Crippen LogP contribution in [0.5, 0.6) is 0 Å². The van der Waals surface area contributed by atoms with Crippen LogP contribution < -0.4 is 5.32 Å². The molecule has 0 bridgehead atoms. The van der Waals surface area contributed by atoms with Crippen LogP contribution in [-0.2, 0) is 16.0 Å². The molecule has 2 heterocycles. The molecule has 1 unspecified atom stereocenters. The first-order valence-corrected chi connectivity index (χ1v) is 10.6. The number of imidazole rings is 1. The summed E-state index contributed by atoms with van der Waals surface area (Å²) in [5.41, 5.74) is 4.11. The largest absolute Gasteiger partial charge is 0.490 e. The van der Waals surface area contributed by atoms with E-state index in [1.165, 1.54) is 12.1 Å². The number of hydrogen-bond donors (Lipinski definition) is 3. The summed E-state index contributed by atoms with van der Waals surface area (Å²) in [5, 5.41) is 10.5. The molecule has 0 saturated carbocycles. The number of nitrogens with one attached hydrogen (secondary N) is 2. The maximum absolute atomic E-state index is 13.1. The van der Waals surface area contributed by atoms with Gasteiger partial charge in [0.25, 0.3) is 0 Å². The van der Waals surface area contributed by atoms with Crippen molar-refractivity contribution in [2.75, 3.05) is 19.6 Å². The van der Waals surface area contributed by atoms with E-state index >= 15 is 0 Å². The third-order valence-corrected chi connectivity index (χ3v) is 5.38. The highest BCUT2D eigenvalue weighted by molar-refractivity contribution is 5.79. The van der Waals surface area contributed by atoms with Gasteiger partial charge in [0.15, 0.2) is 0 Å². The molecule has 0 spiro atoms. The summed E-state index contributed by atoms with van der Waals surface area (Å²) < 4.78 is 44.9. The van der Waals surface area contributed by atoms with Gasteiger partial charge in [0, 0.05) is 38.5 Å². The second-order valence-corrected chi connectivity index (χ2v) is 7.86. The second kappa shape index (κ2) is 10.6. The van der Waals surface area contributed by atoms with E-state index in [0.29, 0.717) is 25.9 Å². The molecule has 1 aliphatic heterocycles. The van der Waals surface area contributed by atoms with Crippen LogP contribution >= 0.6 is 0 Å². The molecule has 11 heteroatoms. The Bertz CT molecular complexity index is 1150. The monoisotopic (exact) mass is 480 g/mol. The molecule has 4 rings (SSSR count). The lowest BCUT2D eigenvalue weighted by molar-refractivity contribution is -0.192. The molecule has 2 aromatic carbocycles. The predicted octanol–water partition coefficient (Wildman–Crippen LogP) is 3.75. The highest BCUT2D eigenvalue weighted by Gasteiger charge is 2.38. The van der Waals surface area contributed by atoms with Crippen LogP contribution in [0.2, 0.25) is 0 Å². The number of amides is 1. The average Bonchev–Trinajstić information content (AvgIpc) is 3.22. The lowest BCUT2D eigenvalue weighted by Gasteiger charge is -2.34. The van der Waals surface area contributed by atoms with E-state index in [2.05, 4.69) is 15.3 Å². The first-order valence-electron chi connectivity index (χ1n) is 10.6. The first-order chi connectivity index (χ1) is 16.0. The van der Waals surface area contributed by atoms with Crippen molar-refractivity contribution in [3.63, 3.8) is 0 Å². The number of aromatic amines is 1. The number of fused-ring (bicyclic) bond motifs is 1. The summed E-state index contributed by atoms with van der Waals surface area (Å²) in [4.78, 5) is 31.4. The van der Waals surface area contributed by atoms with Crippen molar-refractivity contribution in [3.05, 3.63) is 65.2 Å². The molecule has 0 aliphatic carbocycles. The van der Waals surface area contributed by atoms with Crippen LogP contribution in [0.3, 0.4) is 0 Å². The number of nitrogens with zero attached hydrogens (tertiary/aromatic N) is 2. The molecule has 34 heavy (non-hydrogen) atoms. The SMILES string of the molecule is Cc1cccc2[nH]c(CCC(=O)N3CCNC(c4ccc(F)cc4)C3)nc12.O=C(O)C(F)(F)F. The van der Waals surface area contributed by atoms with Gasteiger partial charge in [-0.3, -0.25) is 4.79 Å². The quantitative estimate of drug-likeness (QED) is 0.494. The third-order valence-electron chi connectivity index (χ3n) is 5.38. The number of para-hydroxylation sites is 1. The van der Waals surface area contributed by atoms with Crippen molar-refractivity contribution in [1.29, 1.82) is 0 Å². The lowest BCUT2D eigenvalue weighted by atomic mass is 10.0. The van der Waals surface area contributed by atoms with E-state index in [4.69, 9.17) is 9.90 Å². The molecule has 1 aliphatic rings. The summed E-state index contributed by atoms with van der Waals surface area (Å²) in [6.07, 6.45) is -4.06. The molecule has 1 amide bonds. The van der Waals surface area contributed by atoms with Gasteiger partial charge >= 0.3 is 12.1 Å². The van der Waals surface area contributed by atoms with E-state index in [1.54, 1.807) is 12.1 Å². The number of rotatable bonds is 4. The summed E-state index contributed by atoms with van der Waals surface area (Å²) >= 11 is 0. The fraction of sp³-hybridized carbons (Fsp3) is 0.348. The first kappa shape index (κ1) is 25.2. The van der Waals surface area contributed by atoms with Gasteiger partial charge in [-0.15, -0.1) is 0 Å². The van der Waals surface area contributed by atoms with Crippen LogP contribution in [0.4, 0.5) is 17.6 Å². The molecule has 1 fully saturated rings. The number of piperazine rings is 1. The molecule has 3 N–H and O–H groups in total. The number of aliphatic carboxylic acids is 1. The van der Waals surface area contributed by atoms with Gasteiger partial charge in [-0.1, -0.05) is 24.3 Å². The molecule has 7 nitrogen and oxygen atoms in total. The highest BCUT2D eigenvalue weighted by Crippen LogP contribution is 2.20. The molecular weight excluding hydrogens is 456 g/mol. The topological polar surface area (TPSA) is 98.3 Å². The molecule has 3 aromatic rings. The molecule has 1 saturated heterocycles. The standard InChI is InChI=1S/C21H23FN4O.C2HF3O2/c1-14-3-2-4-17-21(14)25-19(24-17)9-10-20(27)26-12-11-23-18(13-26)15-5-7-16(22)8-6-15;3-2(4,5)1(6)7/h2-8,18,23H,9-13H2,1H3,(H,24,25);(H,6,7). The number of carbonyl (C=O) groups is 2. The number of carbonyl (C=O) groups excluding carboxylic acids is 1. The van der Waals surface area contributed by atoms with Crippen LogP contribution in [0.25, 0.3) is 11.0 Å². The van der Waals surface area contributed by atoms with Crippen molar-refractivity contribution >= 4 is 22.9 Å². The van der Waals surface area contributed by atoms with Gasteiger partial charge in [0.05, 0.1) is 11.0 Å². The number of hydrogen-bond acceptors (Lipinski definition) is 4. The van der Waals surface area contributed by atoms with Crippen molar-refractivity contribution in [3.8, 4) is 0 Å². The van der Waals surface area contributed by atoms with Gasteiger partial charge in [-0.05, 0) is 36.2 Å². The Morgan fingerprint density at radius 3 is 2.47 bits per heavy atom. The van der Waals surface area contributed by atoms with Gasteiger partial charge in [-0.2, -0.15) is 13.2 Å². The van der Waals surface area contributed by atoms with E-state index < -0.39 is 12.1 Å². The summed E-state index contributed by atoms with van der Waals surface area (Å²) in [7, 11) is 0. The zero-order valence-corrected chi connectivity index (χ0v) is 18.3. The van der Waals surface area contributed by atoms with Crippen LogP contribution in [0.1, 0.15) is 29.4 Å². The van der Waals surface area contributed by atoms with E-state index in [-0.39, 0.29) is 17.8 Å². The van der Waals surface area contributed by atoms with Crippen LogP contribution in [0, 0.1) is 12.7 Å². The number of carboxylic acid groups (broad SMARTS) is 1. The van der Waals surface area contributed by atoms with E-state index in [0.717, 1.165) is 34.5 Å². The fourth-order valence-electron chi connectivity index (χ4n) is 3.62. The smallest absolute Gasteiger partial charge is 0.475 e. The Morgan fingerprint density at radius 2 is 1.85 bits per heavy atom. The maximum Gasteiger partial charge on any atom is 0.490 e. The normalized spacial score (nSPS) is 16.1. The van der Waals surface area contributed by atoms with Gasteiger partial charge in [0.1, 0.15) is 11.6 Å². The lowest BCUT2D eigenvalue weighted by Crippen LogP contribution is -2.48. The number of carboxylic acids is 1.